The number of anilines is 15. The molecule has 0 atom stereocenters. The van der Waals surface area contributed by atoms with Crippen LogP contribution < -0.4 is 78.6 Å². The monoisotopic (exact) mass is 1900 g/mol. The molecule has 0 unspecified atom stereocenters. The number of hydrogen-bond acceptors (Lipinski definition) is 8. The van der Waals surface area contributed by atoms with Crippen LogP contribution in [-0.2, 0) is 28.2 Å². The minimum Gasteiger partial charge on any atom is -0.369 e. The Morgan fingerprint density at radius 2 is 0.428 bits per heavy atom. The molecule has 12 nitrogen and oxygen atoms in total. The molecule has 0 saturated heterocycles. The topological polar surface area (TPSA) is 41.4 Å². The van der Waals surface area contributed by atoms with E-state index in [2.05, 4.69) is 591 Å². The summed E-state index contributed by atoms with van der Waals surface area (Å²) in [7, 11) is 10.9. The van der Waals surface area contributed by atoms with Gasteiger partial charge in [0, 0.05) is 63.2 Å². The molecular formula is C129H142B4N12+4. The van der Waals surface area contributed by atoms with Gasteiger partial charge in [0.2, 0.25) is 0 Å². The zero-order chi connectivity index (χ0) is 103. The van der Waals surface area contributed by atoms with Crippen molar-refractivity contribution >= 4 is 136 Å². The van der Waals surface area contributed by atoms with E-state index in [-0.39, 0.29) is 27.9 Å². The fraction of sp³-hybridized carbons (Fsp3) is 0.240. The molecule has 726 valence electrons. The van der Waals surface area contributed by atoms with Crippen LogP contribution in [-0.4, -0.2) is 35.0 Å². The van der Waals surface area contributed by atoms with Crippen molar-refractivity contribution in [2.75, 3.05) is 45.5 Å². The van der Waals surface area contributed by atoms with Gasteiger partial charge in [0.05, 0.1) is 75.7 Å². The Morgan fingerprint density at radius 3 is 0.724 bits per heavy atom. The van der Waals surface area contributed by atoms with E-state index >= 15 is 0 Å². The van der Waals surface area contributed by atoms with E-state index in [1.807, 2.05) is 0 Å². The second-order valence-corrected chi connectivity index (χ2v) is 42.0. The molecule has 0 saturated carbocycles. The van der Waals surface area contributed by atoms with Gasteiger partial charge < -0.3 is 19.2 Å². The lowest BCUT2D eigenvalue weighted by Gasteiger charge is -2.30. The minimum absolute atomic E-state index is 0.0113. The van der Waals surface area contributed by atoms with Crippen molar-refractivity contribution in [2.45, 2.75) is 176 Å². The zero-order valence-corrected chi connectivity index (χ0v) is 90.4. The van der Waals surface area contributed by atoms with E-state index < -0.39 is 0 Å². The van der Waals surface area contributed by atoms with Crippen molar-refractivity contribution < 1.29 is 18.3 Å². The second-order valence-electron chi connectivity index (χ2n) is 42.0. The molecule has 0 amide bonds. The molecule has 16 heteroatoms. The Labute approximate surface area is 866 Å². The fourth-order valence-corrected chi connectivity index (χ4v) is 23.0. The van der Waals surface area contributed by atoms with Gasteiger partial charge in [0.15, 0.2) is 0 Å². The first-order valence-electron chi connectivity index (χ1n) is 52.0. The van der Waals surface area contributed by atoms with Gasteiger partial charge in [-0.3, -0.25) is 19.2 Å². The number of fused-ring (bicyclic) bond motifs is 4. The first-order valence-corrected chi connectivity index (χ1v) is 52.0. The van der Waals surface area contributed by atoms with Crippen molar-refractivity contribution in [3.05, 3.63) is 446 Å². The molecule has 8 heterocycles. The highest BCUT2D eigenvalue weighted by molar-refractivity contribution is 6.87. The number of benzene rings is 13. The number of pyridine rings is 4. The lowest BCUT2D eigenvalue weighted by atomic mass is 9.58. The maximum Gasteiger partial charge on any atom is 0.543 e. The predicted molar refractivity (Wildman–Crippen MR) is 620 cm³/mol. The maximum absolute atomic E-state index is 2.59. The SMILES string of the molecule is Cc1cc(N2B(c3c(-c4ccccc4)cccc3-c3ccccc3)N(c3ccccc3)c3cccc(C)c32)[n+](C)cc1C.Cc1cc(N2B(c3c(C(C)C)cccc3C(C)C)N(C)c3cccc(C)c32)[n+](C)cc1C.Cc1cc(N2B(c3c(C(C)C)cccc3C(C)C)N(c3ccccc3)c3cccc(C)c32)[n+](C)cc1C.Cc1cc(N2B(c3c(C)cccc3C)N(c3ccccc3)c3cccc(C)c32)[n+](C)cc1C. The number of aryl methyl sites for hydroxylation is 18. The quantitative estimate of drug-likeness (QED) is 0.0660. The molecule has 0 radical (unpaired) electrons. The van der Waals surface area contributed by atoms with Crippen molar-refractivity contribution in [1.82, 2.24) is 0 Å². The van der Waals surface area contributed by atoms with E-state index in [4.69, 9.17) is 0 Å². The minimum atomic E-state index is -0.154. The third-order valence-corrected chi connectivity index (χ3v) is 30.7. The normalized spacial score (nSPS) is 13.0. The molecule has 0 spiro atoms. The van der Waals surface area contributed by atoms with Crippen molar-refractivity contribution in [2.24, 2.45) is 28.2 Å². The fourth-order valence-electron chi connectivity index (χ4n) is 23.0. The summed E-state index contributed by atoms with van der Waals surface area (Å²) in [5.74, 6) is 6.51. The summed E-state index contributed by atoms with van der Waals surface area (Å²) < 4.78 is 9.14. The molecule has 0 N–H and O–H groups in total. The van der Waals surface area contributed by atoms with E-state index in [1.165, 1.54) is 219 Å². The Balaban J connectivity index is 0.000000128. The van der Waals surface area contributed by atoms with Crippen molar-refractivity contribution in [1.29, 1.82) is 0 Å². The average Bonchev–Trinajstić information content (AvgIpc) is 1.60. The molecule has 17 aromatic rings. The molecule has 0 bridgehead atoms. The highest BCUT2D eigenvalue weighted by atomic mass is 15.4. The second kappa shape index (κ2) is 41.8. The molecule has 4 aliphatic rings. The molecule has 21 rings (SSSR count). The van der Waals surface area contributed by atoms with Crippen LogP contribution in [0.15, 0.2) is 346 Å². The van der Waals surface area contributed by atoms with Gasteiger partial charge in [0.25, 0.3) is 23.3 Å². The van der Waals surface area contributed by atoms with E-state index in [9.17, 15) is 0 Å². The summed E-state index contributed by atoms with van der Waals surface area (Å²) in [5, 5.41) is 0. The van der Waals surface area contributed by atoms with Crippen LogP contribution in [0.25, 0.3) is 22.3 Å². The van der Waals surface area contributed by atoms with Crippen molar-refractivity contribution in [3.8, 4) is 22.3 Å². The van der Waals surface area contributed by atoms with Crippen LogP contribution in [0.4, 0.5) is 85.8 Å². The number of nitrogens with zero attached hydrogens (tertiary/aromatic N) is 12. The van der Waals surface area contributed by atoms with Gasteiger partial charge in [-0.15, -0.1) is 0 Å². The van der Waals surface area contributed by atoms with Crippen LogP contribution in [0, 0.1) is 96.9 Å². The Morgan fingerprint density at radius 1 is 0.200 bits per heavy atom. The molecule has 13 aromatic carbocycles. The van der Waals surface area contributed by atoms with Gasteiger partial charge in [-0.05, 0) is 311 Å². The molecule has 0 fully saturated rings. The van der Waals surface area contributed by atoms with Gasteiger partial charge in [-0.25, -0.2) is 18.3 Å². The lowest BCUT2D eigenvalue weighted by Crippen LogP contribution is -2.58. The van der Waals surface area contributed by atoms with Crippen LogP contribution in [0.5, 0.6) is 0 Å². The van der Waals surface area contributed by atoms with Gasteiger partial charge in [-0.2, -0.15) is 0 Å². The van der Waals surface area contributed by atoms with Crippen LogP contribution in [0.1, 0.15) is 179 Å². The van der Waals surface area contributed by atoms with Crippen LogP contribution in [0.3, 0.4) is 0 Å². The third kappa shape index (κ3) is 18.8. The van der Waals surface area contributed by atoms with Gasteiger partial charge in [-0.1, -0.05) is 292 Å². The van der Waals surface area contributed by atoms with Crippen LogP contribution in [0.2, 0.25) is 0 Å². The molecule has 4 aromatic heterocycles. The Bertz CT molecular complexity index is 7530. The van der Waals surface area contributed by atoms with Gasteiger partial charge >= 0.3 is 27.9 Å². The highest BCUT2D eigenvalue weighted by Gasteiger charge is 2.58. The van der Waals surface area contributed by atoms with Gasteiger partial charge in [0.1, 0.15) is 22.7 Å². The summed E-state index contributed by atoms with van der Waals surface area (Å²) in [6, 6.07) is 118. The molecular weight excluding hydrogens is 1760 g/mol. The number of aromatic nitrogens is 4. The number of rotatable bonds is 17. The maximum atomic E-state index is 2.59. The molecule has 145 heavy (non-hydrogen) atoms. The van der Waals surface area contributed by atoms with E-state index in [1.54, 1.807) is 0 Å². The summed E-state index contributed by atoms with van der Waals surface area (Å²) >= 11 is 0. The Hall–Kier alpha value is -14.9. The Kier molecular flexibility index (Phi) is 28.9. The van der Waals surface area contributed by atoms with E-state index in [0.29, 0.717) is 23.7 Å². The smallest absolute Gasteiger partial charge is 0.369 e. The highest BCUT2D eigenvalue weighted by Crippen LogP contribution is 2.53. The number of para-hydroxylation sites is 7. The first-order chi connectivity index (χ1) is 69.7. The van der Waals surface area contributed by atoms with Crippen molar-refractivity contribution in [3.63, 3.8) is 0 Å². The zero-order valence-electron chi connectivity index (χ0n) is 90.4. The van der Waals surface area contributed by atoms with E-state index in [0.717, 1.165) is 11.5 Å². The third-order valence-electron chi connectivity index (χ3n) is 30.7. The predicted octanol–water partition coefficient (Wildman–Crippen LogP) is 27.2. The number of hydrogen-bond donors (Lipinski definition) is 0. The summed E-state index contributed by atoms with van der Waals surface area (Å²) in [5.41, 5.74) is 47.9. The largest absolute Gasteiger partial charge is 0.543 e. The lowest BCUT2D eigenvalue weighted by molar-refractivity contribution is -0.658. The summed E-state index contributed by atoms with van der Waals surface area (Å²) in [4.78, 5) is 20.4. The standard InChI is InChI=1S/C39H35BN3.C33H39BN3.C29H31BN3.C28H37BN3/c1-28-16-14-25-36-39(28)43(37-26-29(2)30(3)27-41(37)4)40(42(36)33-21-12-7-13-22-33)38-34(31-17-8-5-9-18-31)23-15-24-35(38)32-19-10-6-11-20-32;1-22(2)28-17-13-18-29(23(3)4)32(28)34-36(27-15-10-9-11-16-27)30-19-12-14-24(5)33(30)37(34)31-20-25(6)26(7)21-35(31)8;1-20-12-10-13-21(2)28(20)30-32(25-15-8-7-9-16-25)26-17-11-14-22(3)29(26)33(30)27-18-23(4)24(5)19-31(27)6;1-18(2)23-13-11-14-24(19(3)4)27(23)29-31(9)25-15-10-12-20(5)28(25)32(29)26-16-21(6)22(7)17-30(26)8/h5-27H,1-4H3;9-23H,1-8H3;7-19H,1-6H3;10-19H,1-9H3/q4*+1. The summed E-state index contributed by atoms with van der Waals surface area (Å²) in [6.07, 6.45) is 9.03. The molecule has 4 aliphatic heterocycles. The molecule has 0 aliphatic carbocycles. The average molecular weight is 1900 g/mol. The van der Waals surface area contributed by atoms with Crippen LogP contribution >= 0.6 is 0 Å². The first kappa shape index (κ1) is 100. The summed E-state index contributed by atoms with van der Waals surface area (Å²) in [6.45, 7) is 49.5.